The molecule has 0 saturated heterocycles. The summed E-state index contributed by atoms with van der Waals surface area (Å²) in [4.78, 5) is 8.79. The van der Waals surface area contributed by atoms with Crippen LogP contribution in [0.2, 0.25) is 0 Å². The first-order chi connectivity index (χ1) is 13.5. The summed E-state index contributed by atoms with van der Waals surface area (Å²) in [6.45, 7) is 5.56. The van der Waals surface area contributed by atoms with Gasteiger partial charge in [-0.25, -0.2) is 4.99 Å². The van der Waals surface area contributed by atoms with Gasteiger partial charge in [-0.15, -0.1) is 0 Å². The second-order valence-corrected chi connectivity index (χ2v) is 6.37. The number of hydrogen-bond donors (Lipinski definition) is 2. The van der Waals surface area contributed by atoms with Crippen molar-refractivity contribution >= 4 is 17.8 Å². The van der Waals surface area contributed by atoms with Gasteiger partial charge in [-0.2, -0.15) is 0 Å². The number of amidine groups is 1. The molecule has 0 bridgehead atoms. The van der Waals surface area contributed by atoms with Crippen molar-refractivity contribution in [3.05, 3.63) is 84.2 Å². The largest absolute Gasteiger partial charge is 0.497 e. The summed E-state index contributed by atoms with van der Waals surface area (Å²) in [6, 6.07) is 15.9. The SMILES string of the molecule is C=CN=C/C(=C\N)c1cccc(C2(c3ccc(OC)cc3)N=C(N)OC2C)c1. The topological polar surface area (TPSA) is 95.2 Å². The highest BCUT2D eigenvalue weighted by Crippen LogP contribution is 2.43. The molecule has 2 unspecified atom stereocenters. The first kappa shape index (κ1) is 19.2. The maximum atomic E-state index is 5.96. The van der Waals surface area contributed by atoms with Crippen LogP contribution in [0.5, 0.6) is 5.75 Å². The third-order valence-electron chi connectivity index (χ3n) is 4.84. The fourth-order valence-electron chi connectivity index (χ4n) is 3.45. The van der Waals surface area contributed by atoms with E-state index in [0.717, 1.165) is 28.0 Å². The maximum Gasteiger partial charge on any atom is 0.283 e. The quantitative estimate of drug-likeness (QED) is 0.757. The van der Waals surface area contributed by atoms with Crippen LogP contribution in [0.4, 0.5) is 0 Å². The molecule has 1 aliphatic heterocycles. The van der Waals surface area contributed by atoms with Crippen molar-refractivity contribution in [1.82, 2.24) is 0 Å². The predicted molar refractivity (Wildman–Crippen MR) is 113 cm³/mol. The number of nitrogens with zero attached hydrogens (tertiary/aromatic N) is 2. The molecule has 1 heterocycles. The van der Waals surface area contributed by atoms with E-state index in [2.05, 4.69) is 11.6 Å². The van der Waals surface area contributed by atoms with Gasteiger partial charge in [0, 0.05) is 24.2 Å². The average Bonchev–Trinajstić information content (AvgIpc) is 3.03. The van der Waals surface area contributed by atoms with E-state index in [1.807, 2.05) is 55.5 Å². The van der Waals surface area contributed by atoms with Crippen molar-refractivity contribution in [2.75, 3.05) is 7.11 Å². The molecule has 6 nitrogen and oxygen atoms in total. The van der Waals surface area contributed by atoms with Gasteiger partial charge in [0.2, 0.25) is 0 Å². The van der Waals surface area contributed by atoms with Crippen molar-refractivity contribution in [1.29, 1.82) is 0 Å². The molecule has 0 amide bonds. The number of nitrogens with two attached hydrogens (primary N) is 2. The molecule has 6 heteroatoms. The first-order valence-electron chi connectivity index (χ1n) is 8.88. The highest BCUT2D eigenvalue weighted by atomic mass is 16.5. The van der Waals surface area contributed by atoms with Crippen LogP contribution < -0.4 is 16.2 Å². The third kappa shape index (κ3) is 3.36. The Balaban J connectivity index is 2.16. The summed E-state index contributed by atoms with van der Waals surface area (Å²) < 4.78 is 11.0. The molecule has 1 aliphatic rings. The van der Waals surface area contributed by atoms with Gasteiger partial charge < -0.3 is 20.9 Å². The predicted octanol–water partition coefficient (Wildman–Crippen LogP) is 3.19. The lowest BCUT2D eigenvalue weighted by molar-refractivity contribution is 0.174. The summed E-state index contributed by atoms with van der Waals surface area (Å²) >= 11 is 0. The molecule has 2 aromatic rings. The van der Waals surface area contributed by atoms with E-state index in [-0.39, 0.29) is 12.1 Å². The normalized spacial score (nSPS) is 22.0. The van der Waals surface area contributed by atoms with Crippen LogP contribution in [0.1, 0.15) is 23.6 Å². The number of ether oxygens (including phenoxy) is 2. The van der Waals surface area contributed by atoms with E-state index in [9.17, 15) is 0 Å². The highest BCUT2D eigenvalue weighted by molar-refractivity contribution is 6.09. The molecule has 2 atom stereocenters. The van der Waals surface area contributed by atoms with Gasteiger partial charge in [0.25, 0.3) is 6.02 Å². The summed E-state index contributed by atoms with van der Waals surface area (Å²) in [5.41, 5.74) is 14.6. The number of rotatable bonds is 6. The minimum atomic E-state index is -0.776. The lowest BCUT2D eigenvalue weighted by Crippen LogP contribution is -2.34. The van der Waals surface area contributed by atoms with Crippen LogP contribution in [0.15, 0.2) is 77.5 Å². The minimum Gasteiger partial charge on any atom is -0.497 e. The molecule has 0 radical (unpaired) electrons. The Hall–Kier alpha value is -3.54. The third-order valence-corrected chi connectivity index (χ3v) is 4.84. The van der Waals surface area contributed by atoms with E-state index < -0.39 is 5.54 Å². The Morgan fingerprint density at radius 2 is 2.00 bits per heavy atom. The second kappa shape index (κ2) is 8.00. The van der Waals surface area contributed by atoms with Gasteiger partial charge in [-0.05, 0) is 41.8 Å². The molecule has 0 aliphatic carbocycles. The second-order valence-electron chi connectivity index (χ2n) is 6.37. The number of hydrogen-bond acceptors (Lipinski definition) is 6. The van der Waals surface area contributed by atoms with Crippen molar-refractivity contribution in [2.24, 2.45) is 21.5 Å². The molecular weight excluding hydrogens is 352 g/mol. The Bertz CT molecular complexity index is 947. The molecule has 144 valence electrons. The fraction of sp³-hybridized carbons (Fsp3) is 0.182. The van der Waals surface area contributed by atoms with Crippen LogP contribution in [-0.2, 0) is 10.3 Å². The molecule has 0 aromatic heterocycles. The number of methoxy groups -OCH3 is 1. The Kier molecular flexibility index (Phi) is 5.49. The summed E-state index contributed by atoms with van der Waals surface area (Å²) in [7, 11) is 1.64. The smallest absolute Gasteiger partial charge is 0.283 e. The van der Waals surface area contributed by atoms with Crippen molar-refractivity contribution < 1.29 is 9.47 Å². The molecule has 3 rings (SSSR count). The zero-order valence-corrected chi connectivity index (χ0v) is 16.0. The molecule has 2 aromatic carbocycles. The van der Waals surface area contributed by atoms with E-state index in [1.165, 1.54) is 12.4 Å². The van der Waals surface area contributed by atoms with Crippen molar-refractivity contribution in [3.63, 3.8) is 0 Å². The average molecular weight is 376 g/mol. The molecular formula is C22H24N4O2. The van der Waals surface area contributed by atoms with Gasteiger partial charge in [0.05, 0.1) is 7.11 Å². The van der Waals surface area contributed by atoms with Crippen LogP contribution in [0.3, 0.4) is 0 Å². The fourth-order valence-corrected chi connectivity index (χ4v) is 3.45. The molecule has 28 heavy (non-hydrogen) atoms. The molecule has 0 fully saturated rings. The van der Waals surface area contributed by atoms with Gasteiger partial charge in [0.15, 0.2) is 5.54 Å². The van der Waals surface area contributed by atoms with Gasteiger partial charge >= 0.3 is 0 Å². The van der Waals surface area contributed by atoms with Crippen LogP contribution in [-0.4, -0.2) is 25.5 Å². The summed E-state index contributed by atoms with van der Waals surface area (Å²) in [5.74, 6) is 0.769. The van der Waals surface area contributed by atoms with Crippen molar-refractivity contribution in [3.8, 4) is 5.75 Å². The van der Waals surface area contributed by atoms with Gasteiger partial charge in [-0.3, -0.25) is 4.99 Å². The lowest BCUT2D eigenvalue weighted by atomic mass is 9.79. The van der Waals surface area contributed by atoms with Crippen LogP contribution in [0, 0.1) is 0 Å². The summed E-state index contributed by atoms with van der Waals surface area (Å²) in [6.07, 6.45) is 4.35. The number of allylic oxidation sites excluding steroid dienone is 1. The molecule has 0 spiro atoms. The van der Waals surface area contributed by atoms with E-state index in [4.69, 9.17) is 25.9 Å². The zero-order chi connectivity index (χ0) is 20.1. The maximum absolute atomic E-state index is 5.96. The van der Waals surface area contributed by atoms with E-state index >= 15 is 0 Å². The van der Waals surface area contributed by atoms with Gasteiger partial charge in [-0.1, -0.05) is 36.9 Å². The van der Waals surface area contributed by atoms with Crippen LogP contribution in [0.25, 0.3) is 5.57 Å². The Morgan fingerprint density at radius 3 is 2.57 bits per heavy atom. The van der Waals surface area contributed by atoms with Crippen molar-refractivity contribution in [2.45, 2.75) is 18.6 Å². The molecule has 0 saturated carbocycles. The van der Waals surface area contributed by atoms with Gasteiger partial charge in [0.1, 0.15) is 11.9 Å². The number of aliphatic imine (C=N–C) groups is 2. The summed E-state index contributed by atoms with van der Waals surface area (Å²) in [5, 5.41) is 0. The Labute approximate surface area is 164 Å². The highest BCUT2D eigenvalue weighted by Gasteiger charge is 2.46. The minimum absolute atomic E-state index is 0.163. The number of benzene rings is 2. The van der Waals surface area contributed by atoms with Crippen LogP contribution >= 0.6 is 0 Å². The molecule has 4 N–H and O–H groups in total. The lowest BCUT2D eigenvalue weighted by Gasteiger charge is -2.31. The Morgan fingerprint density at radius 1 is 1.25 bits per heavy atom. The van der Waals surface area contributed by atoms with E-state index in [1.54, 1.807) is 13.3 Å². The monoisotopic (exact) mass is 376 g/mol. The zero-order valence-electron chi connectivity index (χ0n) is 16.0. The first-order valence-corrected chi connectivity index (χ1v) is 8.88. The standard InChI is InChI=1S/C22H24N4O2/c1-4-25-14-17(13-23)16-6-5-7-19(12-16)22(15(2)28-21(24)26-22)18-8-10-20(27-3)11-9-18/h4-15H,1,23H2,2-3H3,(H2,24,26)/b17-13+,25-14?. The van der Waals surface area contributed by atoms with E-state index in [0.29, 0.717) is 0 Å².